The van der Waals surface area contributed by atoms with Crippen molar-refractivity contribution in [3.63, 3.8) is 0 Å². The zero-order chi connectivity index (χ0) is 15.4. The number of rotatable bonds is 7. The molecule has 0 unspecified atom stereocenters. The first kappa shape index (κ1) is 16.1. The van der Waals surface area contributed by atoms with Gasteiger partial charge >= 0.3 is 0 Å². The molecular weight excluding hydrogens is 286 g/mol. The summed E-state index contributed by atoms with van der Waals surface area (Å²) in [4.78, 5) is 18.9. The molecule has 1 aliphatic carbocycles. The maximum absolute atomic E-state index is 12.7. The number of nitrogens with one attached hydrogen (secondary N) is 1. The molecule has 0 aromatic carbocycles. The van der Waals surface area contributed by atoms with Gasteiger partial charge in [0, 0.05) is 25.3 Å². The van der Waals surface area contributed by atoms with E-state index in [0.29, 0.717) is 28.4 Å². The SMILES string of the molecule is CCNc1ncc(C(=O)N(CCC(C)C)C2CC2)cc1Cl. The first-order valence-electron chi connectivity index (χ1n) is 7.73. The van der Waals surface area contributed by atoms with Crippen LogP contribution >= 0.6 is 11.6 Å². The number of nitrogens with zero attached hydrogens (tertiary/aromatic N) is 2. The Morgan fingerprint density at radius 2 is 2.24 bits per heavy atom. The standard InChI is InChI=1S/C16H24ClN3O/c1-4-18-15-14(17)9-12(10-19-15)16(21)20(13-5-6-13)8-7-11(2)3/h9-11,13H,4-8H2,1-3H3,(H,18,19). The van der Waals surface area contributed by atoms with Crippen molar-refractivity contribution in [3.8, 4) is 0 Å². The summed E-state index contributed by atoms with van der Waals surface area (Å²) >= 11 is 6.18. The lowest BCUT2D eigenvalue weighted by atomic mass is 10.1. The van der Waals surface area contributed by atoms with Crippen molar-refractivity contribution < 1.29 is 4.79 Å². The molecule has 1 heterocycles. The van der Waals surface area contributed by atoms with Gasteiger partial charge in [-0.15, -0.1) is 0 Å². The molecule has 5 heteroatoms. The number of carbonyl (C=O) groups is 1. The number of hydrogen-bond donors (Lipinski definition) is 1. The number of carbonyl (C=O) groups excluding carboxylic acids is 1. The van der Waals surface area contributed by atoms with Crippen molar-refractivity contribution in [3.05, 3.63) is 22.8 Å². The van der Waals surface area contributed by atoms with E-state index < -0.39 is 0 Å². The molecule has 2 rings (SSSR count). The van der Waals surface area contributed by atoms with Crippen LogP contribution < -0.4 is 5.32 Å². The molecule has 1 aromatic heterocycles. The van der Waals surface area contributed by atoms with Gasteiger partial charge in [0.15, 0.2) is 0 Å². The van der Waals surface area contributed by atoms with Gasteiger partial charge in [0.1, 0.15) is 5.82 Å². The zero-order valence-electron chi connectivity index (χ0n) is 13.0. The van der Waals surface area contributed by atoms with E-state index in [9.17, 15) is 4.79 Å². The molecule has 1 aromatic rings. The second-order valence-corrected chi connectivity index (χ2v) is 6.40. The summed E-state index contributed by atoms with van der Waals surface area (Å²) in [5.74, 6) is 1.28. The van der Waals surface area contributed by atoms with E-state index in [0.717, 1.165) is 32.4 Å². The van der Waals surface area contributed by atoms with Crippen LogP contribution in [0.1, 0.15) is 50.4 Å². The Labute approximate surface area is 131 Å². The topological polar surface area (TPSA) is 45.2 Å². The zero-order valence-corrected chi connectivity index (χ0v) is 13.8. The fourth-order valence-corrected chi connectivity index (χ4v) is 2.48. The first-order chi connectivity index (χ1) is 10.0. The molecule has 1 fully saturated rings. The quantitative estimate of drug-likeness (QED) is 0.833. The van der Waals surface area contributed by atoms with Gasteiger partial charge in [-0.3, -0.25) is 4.79 Å². The largest absolute Gasteiger partial charge is 0.369 e. The Morgan fingerprint density at radius 1 is 1.52 bits per heavy atom. The van der Waals surface area contributed by atoms with Gasteiger partial charge in [-0.05, 0) is 38.2 Å². The van der Waals surface area contributed by atoms with Crippen molar-refractivity contribution >= 4 is 23.3 Å². The van der Waals surface area contributed by atoms with Crippen LogP contribution in [0, 0.1) is 5.92 Å². The van der Waals surface area contributed by atoms with Gasteiger partial charge in [-0.1, -0.05) is 25.4 Å². The first-order valence-corrected chi connectivity index (χ1v) is 8.11. The van der Waals surface area contributed by atoms with E-state index in [1.165, 1.54) is 0 Å². The highest BCUT2D eigenvalue weighted by atomic mass is 35.5. The second-order valence-electron chi connectivity index (χ2n) is 6.00. The molecule has 4 nitrogen and oxygen atoms in total. The van der Waals surface area contributed by atoms with E-state index >= 15 is 0 Å². The Morgan fingerprint density at radius 3 is 2.76 bits per heavy atom. The third kappa shape index (κ3) is 4.34. The van der Waals surface area contributed by atoms with Gasteiger partial charge in [0.05, 0.1) is 10.6 Å². The summed E-state index contributed by atoms with van der Waals surface area (Å²) in [6.07, 6.45) is 4.87. The number of pyridine rings is 1. The molecule has 0 bridgehead atoms. The Kier molecular flexibility index (Phi) is 5.45. The molecule has 1 N–H and O–H groups in total. The predicted octanol–water partition coefficient (Wildman–Crippen LogP) is 3.82. The Bertz CT molecular complexity index is 500. The molecule has 1 amide bonds. The van der Waals surface area contributed by atoms with E-state index in [-0.39, 0.29) is 5.91 Å². The summed E-state index contributed by atoms with van der Waals surface area (Å²) in [5, 5.41) is 3.58. The van der Waals surface area contributed by atoms with Gasteiger partial charge < -0.3 is 10.2 Å². The van der Waals surface area contributed by atoms with Crippen LogP contribution in [-0.4, -0.2) is 34.9 Å². The van der Waals surface area contributed by atoms with Crippen molar-refractivity contribution in [2.75, 3.05) is 18.4 Å². The van der Waals surface area contributed by atoms with Gasteiger partial charge in [-0.2, -0.15) is 0 Å². The van der Waals surface area contributed by atoms with Crippen LogP contribution in [-0.2, 0) is 0 Å². The van der Waals surface area contributed by atoms with Crippen LogP contribution in [0.3, 0.4) is 0 Å². The molecular formula is C16H24ClN3O. The van der Waals surface area contributed by atoms with Crippen LogP contribution in [0.4, 0.5) is 5.82 Å². The minimum Gasteiger partial charge on any atom is -0.369 e. The minimum atomic E-state index is 0.0515. The molecule has 116 valence electrons. The summed E-state index contributed by atoms with van der Waals surface area (Å²) in [7, 11) is 0. The molecule has 0 spiro atoms. The third-order valence-electron chi connectivity index (χ3n) is 3.63. The van der Waals surface area contributed by atoms with Crippen LogP contribution in [0.25, 0.3) is 0 Å². The van der Waals surface area contributed by atoms with Crippen molar-refractivity contribution in [2.24, 2.45) is 5.92 Å². The number of hydrogen-bond acceptors (Lipinski definition) is 3. The lowest BCUT2D eigenvalue weighted by molar-refractivity contribution is 0.0735. The summed E-state index contributed by atoms with van der Waals surface area (Å²) in [5.41, 5.74) is 0.581. The lowest BCUT2D eigenvalue weighted by Crippen LogP contribution is -2.34. The minimum absolute atomic E-state index is 0.0515. The molecule has 1 aliphatic rings. The molecule has 0 radical (unpaired) electrons. The van der Waals surface area contributed by atoms with Gasteiger partial charge in [0.2, 0.25) is 0 Å². The average Bonchev–Trinajstić information content (AvgIpc) is 3.25. The maximum Gasteiger partial charge on any atom is 0.255 e. The van der Waals surface area contributed by atoms with E-state index in [1.54, 1.807) is 12.3 Å². The summed E-state index contributed by atoms with van der Waals surface area (Å²) < 4.78 is 0. The smallest absolute Gasteiger partial charge is 0.255 e. The molecule has 1 saturated carbocycles. The Balaban J connectivity index is 2.11. The van der Waals surface area contributed by atoms with Crippen molar-refractivity contribution in [1.29, 1.82) is 0 Å². The van der Waals surface area contributed by atoms with Crippen molar-refractivity contribution in [1.82, 2.24) is 9.88 Å². The summed E-state index contributed by atoms with van der Waals surface area (Å²) in [6.45, 7) is 7.91. The summed E-state index contributed by atoms with van der Waals surface area (Å²) in [6, 6.07) is 2.13. The maximum atomic E-state index is 12.7. The lowest BCUT2D eigenvalue weighted by Gasteiger charge is -2.23. The molecule has 0 atom stereocenters. The normalized spacial score (nSPS) is 14.3. The monoisotopic (exact) mass is 309 g/mol. The number of amides is 1. The van der Waals surface area contributed by atoms with Crippen LogP contribution in [0.5, 0.6) is 0 Å². The van der Waals surface area contributed by atoms with E-state index in [4.69, 9.17) is 11.6 Å². The fourth-order valence-electron chi connectivity index (χ4n) is 2.25. The van der Waals surface area contributed by atoms with Crippen LogP contribution in [0.15, 0.2) is 12.3 Å². The Hall–Kier alpha value is -1.29. The number of halogens is 1. The van der Waals surface area contributed by atoms with Gasteiger partial charge in [-0.25, -0.2) is 4.98 Å². The van der Waals surface area contributed by atoms with Gasteiger partial charge in [0.25, 0.3) is 5.91 Å². The average molecular weight is 310 g/mol. The molecule has 0 saturated heterocycles. The highest BCUT2D eigenvalue weighted by Crippen LogP contribution is 2.30. The van der Waals surface area contributed by atoms with Crippen LogP contribution in [0.2, 0.25) is 5.02 Å². The van der Waals surface area contributed by atoms with Crippen molar-refractivity contribution in [2.45, 2.75) is 46.1 Å². The molecule has 21 heavy (non-hydrogen) atoms. The highest BCUT2D eigenvalue weighted by molar-refractivity contribution is 6.33. The second kappa shape index (κ2) is 7.12. The molecule has 0 aliphatic heterocycles. The predicted molar refractivity (Wildman–Crippen MR) is 86.9 cm³/mol. The number of anilines is 1. The van der Waals surface area contributed by atoms with E-state index in [1.807, 2.05) is 11.8 Å². The fraction of sp³-hybridized carbons (Fsp3) is 0.625. The van der Waals surface area contributed by atoms with E-state index in [2.05, 4.69) is 24.1 Å². The highest BCUT2D eigenvalue weighted by Gasteiger charge is 2.33. The number of aromatic nitrogens is 1. The third-order valence-corrected chi connectivity index (χ3v) is 3.92.